The third kappa shape index (κ3) is 6.38. The van der Waals surface area contributed by atoms with Crippen LogP contribution in [-0.2, 0) is 0 Å². The van der Waals surface area contributed by atoms with Crippen LogP contribution >= 0.6 is 0 Å². The maximum absolute atomic E-state index is 13.3. The molecule has 1 saturated heterocycles. The molecule has 9 nitrogen and oxygen atoms in total. The molecule has 40 heavy (non-hydrogen) atoms. The molecule has 2 N–H and O–H groups in total. The van der Waals surface area contributed by atoms with Crippen molar-refractivity contribution in [2.45, 2.75) is 26.8 Å². The van der Waals surface area contributed by atoms with E-state index in [1.54, 1.807) is 40.8 Å². The number of aryl methyl sites for hydroxylation is 1. The topological polar surface area (TPSA) is 107 Å². The Morgan fingerprint density at radius 1 is 1.02 bits per heavy atom. The van der Waals surface area contributed by atoms with Gasteiger partial charge in [0.25, 0.3) is 5.56 Å². The highest BCUT2D eigenvalue weighted by Gasteiger charge is 2.22. The van der Waals surface area contributed by atoms with Gasteiger partial charge in [0, 0.05) is 49.2 Å². The Bertz CT molecular complexity index is 1560. The van der Waals surface area contributed by atoms with E-state index in [1.165, 1.54) is 0 Å². The first-order chi connectivity index (χ1) is 19.2. The molecule has 2 aromatic heterocycles. The fourth-order valence-electron chi connectivity index (χ4n) is 4.77. The lowest BCUT2D eigenvalue weighted by molar-refractivity contribution is 0.0697. The smallest absolute Gasteiger partial charge is 0.337 e. The van der Waals surface area contributed by atoms with Gasteiger partial charge in [-0.25, -0.2) is 9.78 Å². The molecular formula is C31H35N5O4. The molecule has 1 aliphatic rings. The number of aldehydes is 1. The van der Waals surface area contributed by atoms with Crippen LogP contribution in [0.5, 0.6) is 0 Å². The average molecular weight is 542 g/mol. The Balaban J connectivity index is 0.000000398. The maximum Gasteiger partial charge on any atom is 0.337 e. The molecule has 0 spiro atoms. The van der Waals surface area contributed by atoms with Crippen LogP contribution in [0.25, 0.3) is 5.65 Å². The lowest BCUT2D eigenvalue weighted by atomic mass is 10.1. The number of carboxylic acids is 1. The third-order valence-corrected chi connectivity index (χ3v) is 7.02. The van der Waals surface area contributed by atoms with Crippen molar-refractivity contribution in [1.29, 1.82) is 0 Å². The quantitative estimate of drug-likeness (QED) is 0.345. The second-order valence-corrected chi connectivity index (χ2v) is 10.1. The summed E-state index contributed by atoms with van der Waals surface area (Å²) in [4.78, 5) is 44.3. The molecule has 2 aromatic carbocycles. The molecular weight excluding hydrogens is 506 g/mol. The van der Waals surface area contributed by atoms with E-state index in [4.69, 9.17) is 4.98 Å². The normalized spacial score (nSPS) is 14.2. The van der Waals surface area contributed by atoms with Gasteiger partial charge in [-0.1, -0.05) is 42.5 Å². The highest BCUT2D eigenvalue weighted by atomic mass is 16.4. The Hall–Kier alpha value is -4.50. The number of anilines is 2. The van der Waals surface area contributed by atoms with E-state index >= 15 is 0 Å². The zero-order chi connectivity index (χ0) is 28.8. The van der Waals surface area contributed by atoms with Crippen molar-refractivity contribution < 1.29 is 14.7 Å². The summed E-state index contributed by atoms with van der Waals surface area (Å²) in [6, 6.07) is 17.7. The molecule has 0 bridgehead atoms. The number of fused-ring (bicyclic) bond motifs is 1. The van der Waals surface area contributed by atoms with E-state index in [1.807, 2.05) is 51.2 Å². The minimum absolute atomic E-state index is 0.0768. The number of hydrogen-bond donors (Lipinski definition) is 2. The fourth-order valence-corrected chi connectivity index (χ4v) is 4.77. The number of aromatic nitrogens is 2. The fraction of sp³-hybridized carbons (Fsp3) is 0.290. The van der Waals surface area contributed by atoms with Gasteiger partial charge in [0.1, 0.15) is 17.8 Å². The van der Waals surface area contributed by atoms with Gasteiger partial charge in [0.05, 0.1) is 17.2 Å². The van der Waals surface area contributed by atoms with Crippen LogP contribution in [0.3, 0.4) is 0 Å². The number of nitrogens with zero attached hydrogens (tertiary/aromatic N) is 4. The van der Waals surface area contributed by atoms with Crippen molar-refractivity contribution in [3.8, 4) is 0 Å². The van der Waals surface area contributed by atoms with Gasteiger partial charge < -0.3 is 20.2 Å². The number of benzene rings is 2. The summed E-state index contributed by atoms with van der Waals surface area (Å²) >= 11 is 0. The highest BCUT2D eigenvalue weighted by molar-refractivity contribution is 5.94. The second-order valence-electron chi connectivity index (χ2n) is 10.1. The second kappa shape index (κ2) is 12.6. The molecule has 0 amide bonds. The molecule has 1 aliphatic heterocycles. The van der Waals surface area contributed by atoms with Crippen molar-refractivity contribution in [3.63, 3.8) is 0 Å². The summed E-state index contributed by atoms with van der Waals surface area (Å²) in [6.45, 7) is 9.21. The molecule has 4 aromatic rings. The van der Waals surface area contributed by atoms with E-state index in [-0.39, 0.29) is 17.2 Å². The van der Waals surface area contributed by atoms with Crippen LogP contribution in [0.2, 0.25) is 0 Å². The number of carboxylic acid groups (broad SMARTS) is 1. The Labute approximate surface area is 233 Å². The van der Waals surface area contributed by atoms with Crippen LogP contribution in [0.4, 0.5) is 11.5 Å². The molecule has 1 unspecified atom stereocenters. The van der Waals surface area contributed by atoms with Gasteiger partial charge in [0.2, 0.25) is 0 Å². The summed E-state index contributed by atoms with van der Waals surface area (Å²) in [5, 5.41) is 12.8. The molecule has 1 atom stereocenters. The molecule has 0 radical (unpaired) electrons. The van der Waals surface area contributed by atoms with Gasteiger partial charge in [0.15, 0.2) is 0 Å². The van der Waals surface area contributed by atoms with Gasteiger partial charge >= 0.3 is 5.97 Å². The molecule has 0 saturated carbocycles. The zero-order valence-corrected chi connectivity index (χ0v) is 23.3. The van der Waals surface area contributed by atoms with Crippen molar-refractivity contribution in [1.82, 2.24) is 14.3 Å². The van der Waals surface area contributed by atoms with E-state index < -0.39 is 5.97 Å². The van der Waals surface area contributed by atoms with Crippen molar-refractivity contribution in [3.05, 3.63) is 105 Å². The van der Waals surface area contributed by atoms with Gasteiger partial charge in [-0.15, -0.1) is 0 Å². The number of likely N-dealkylation sites (N-methyl/N-ethyl adjacent to an activating group) is 1. The first kappa shape index (κ1) is 28.5. The molecule has 9 heteroatoms. The predicted octanol–water partition coefficient (Wildman–Crippen LogP) is 4.43. The number of para-hydroxylation sites is 1. The van der Waals surface area contributed by atoms with Crippen LogP contribution in [0.15, 0.2) is 71.7 Å². The zero-order valence-electron chi connectivity index (χ0n) is 23.3. The number of carbonyl (C=O) groups excluding carboxylic acids is 1. The number of pyridine rings is 1. The molecule has 208 valence electrons. The van der Waals surface area contributed by atoms with Crippen LogP contribution < -0.4 is 15.8 Å². The SMILES string of the molecule is Cc1cc(C(C)Nc2ccccc2C(=O)O)c2nc(N3CCN(C)CC3)c(C)c(=O)n2c1.O=Cc1ccccc1. The third-order valence-electron chi connectivity index (χ3n) is 7.02. The number of piperazine rings is 1. The molecule has 1 fully saturated rings. The number of nitrogens with one attached hydrogen (secondary N) is 1. The van der Waals surface area contributed by atoms with Crippen molar-refractivity contribution >= 4 is 29.4 Å². The summed E-state index contributed by atoms with van der Waals surface area (Å²) in [7, 11) is 2.09. The Morgan fingerprint density at radius 3 is 2.30 bits per heavy atom. The van der Waals surface area contributed by atoms with Gasteiger partial charge in [-0.3, -0.25) is 14.0 Å². The summed E-state index contributed by atoms with van der Waals surface area (Å²) < 4.78 is 1.61. The molecule has 3 heterocycles. The predicted molar refractivity (Wildman–Crippen MR) is 158 cm³/mol. The Morgan fingerprint density at radius 2 is 1.68 bits per heavy atom. The highest BCUT2D eigenvalue weighted by Crippen LogP contribution is 2.27. The van der Waals surface area contributed by atoms with Crippen LogP contribution in [0.1, 0.15) is 50.4 Å². The lowest BCUT2D eigenvalue weighted by Gasteiger charge is -2.34. The molecule has 5 rings (SSSR count). The summed E-state index contributed by atoms with van der Waals surface area (Å²) in [6.07, 6.45) is 2.65. The minimum Gasteiger partial charge on any atom is -0.478 e. The Kier molecular flexibility index (Phi) is 8.96. The number of aromatic carboxylic acids is 1. The van der Waals surface area contributed by atoms with Crippen molar-refractivity contribution in [2.75, 3.05) is 43.4 Å². The van der Waals surface area contributed by atoms with Gasteiger partial charge in [-0.05, 0) is 51.6 Å². The van der Waals surface area contributed by atoms with Crippen molar-refractivity contribution in [2.24, 2.45) is 0 Å². The summed E-state index contributed by atoms with van der Waals surface area (Å²) in [5.41, 5.74) is 4.39. The minimum atomic E-state index is -0.989. The van der Waals surface area contributed by atoms with E-state index in [0.717, 1.165) is 55.0 Å². The number of hydrogen-bond acceptors (Lipinski definition) is 7. The molecule has 0 aliphatic carbocycles. The average Bonchev–Trinajstić information content (AvgIpc) is 2.96. The van der Waals surface area contributed by atoms with Gasteiger partial charge in [-0.2, -0.15) is 0 Å². The first-order valence-corrected chi connectivity index (χ1v) is 13.3. The maximum atomic E-state index is 13.3. The van der Waals surface area contributed by atoms with E-state index in [0.29, 0.717) is 16.9 Å². The van der Waals surface area contributed by atoms with Crippen LogP contribution in [0, 0.1) is 13.8 Å². The first-order valence-electron chi connectivity index (χ1n) is 13.3. The van der Waals surface area contributed by atoms with E-state index in [9.17, 15) is 19.5 Å². The monoisotopic (exact) mass is 541 g/mol. The number of rotatable bonds is 6. The lowest BCUT2D eigenvalue weighted by Crippen LogP contribution is -2.45. The van der Waals surface area contributed by atoms with Crippen LogP contribution in [-0.4, -0.2) is 64.9 Å². The standard InChI is InChI=1S/C24H29N5O3.C7H6O/c1-15-13-19(17(3)25-20-8-6-5-7-18(20)24(31)32)22-26-21(16(2)23(30)29(22)14-15)28-11-9-27(4)10-12-28;8-6-7-4-2-1-3-5-7/h5-8,13-14,17,25H,9-12H2,1-4H3,(H,31,32);1-6H. The largest absolute Gasteiger partial charge is 0.478 e. The number of carbonyl (C=O) groups is 2. The summed E-state index contributed by atoms with van der Waals surface area (Å²) in [5.74, 6) is -0.261. The van der Waals surface area contributed by atoms with E-state index in [2.05, 4.69) is 22.2 Å².